The van der Waals surface area contributed by atoms with E-state index in [9.17, 15) is 10.1 Å². The standard InChI is InChI=1S/C18H13N3O2/c1-11(22)23-16-7-9-21-8-6-15-17(18(16)21)13(10-19)12-4-2-3-5-14(12)20-15/h2-5,7,9H,6,8H2,1H3. The third-order valence-electron chi connectivity index (χ3n) is 4.09. The van der Waals surface area contributed by atoms with Gasteiger partial charge in [-0.05, 0) is 12.1 Å². The van der Waals surface area contributed by atoms with Gasteiger partial charge in [0.1, 0.15) is 6.07 Å². The molecule has 5 heteroatoms. The van der Waals surface area contributed by atoms with Crippen LogP contribution in [0.3, 0.4) is 0 Å². The third-order valence-corrected chi connectivity index (χ3v) is 4.09. The van der Waals surface area contributed by atoms with E-state index in [1.807, 2.05) is 35.0 Å². The van der Waals surface area contributed by atoms with E-state index in [1.165, 1.54) is 6.92 Å². The highest BCUT2D eigenvalue weighted by atomic mass is 16.5. The van der Waals surface area contributed by atoms with E-state index in [0.717, 1.165) is 40.8 Å². The van der Waals surface area contributed by atoms with Gasteiger partial charge in [0.05, 0.1) is 22.5 Å². The summed E-state index contributed by atoms with van der Waals surface area (Å²) in [6.07, 6.45) is 2.63. The number of aromatic nitrogens is 2. The summed E-state index contributed by atoms with van der Waals surface area (Å²) in [7, 11) is 0. The molecule has 1 aliphatic rings. The van der Waals surface area contributed by atoms with E-state index in [4.69, 9.17) is 9.72 Å². The molecule has 23 heavy (non-hydrogen) atoms. The van der Waals surface area contributed by atoms with Crippen LogP contribution in [-0.4, -0.2) is 15.5 Å². The van der Waals surface area contributed by atoms with Crippen molar-refractivity contribution in [2.75, 3.05) is 0 Å². The molecule has 0 unspecified atom stereocenters. The number of hydrogen-bond acceptors (Lipinski definition) is 4. The molecule has 3 heterocycles. The minimum absolute atomic E-state index is 0.377. The first-order valence-corrected chi connectivity index (χ1v) is 7.38. The van der Waals surface area contributed by atoms with Gasteiger partial charge in [0.25, 0.3) is 0 Å². The number of fused-ring (bicyclic) bond motifs is 4. The number of benzene rings is 1. The summed E-state index contributed by atoms with van der Waals surface area (Å²) in [6, 6.07) is 11.7. The van der Waals surface area contributed by atoms with Gasteiger partial charge in [-0.25, -0.2) is 0 Å². The molecule has 0 fully saturated rings. The maximum atomic E-state index is 11.4. The van der Waals surface area contributed by atoms with Crippen molar-refractivity contribution in [2.24, 2.45) is 0 Å². The van der Waals surface area contributed by atoms with Crippen molar-refractivity contribution in [1.29, 1.82) is 5.26 Å². The Labute approximate surface area is 132 Å². The zero-order valence-electron chi connectivity index (χ0n) is 12.5. The largest absolute Gasteiger partial charge is 0.424 e. The maximum Gasteiger partial charge on any atom is 0.308 e. The Morgan fingerprint density at radius 3 is 2.96 bits per heavy atom. The van der Waals surface area contributed by atoms with Crippen LogP contribution in [-0.2, 0) is 17.8 Å². The highest BCUT2D eigenvalue weighted by Gasteiger charge is 2.26. The molecule has 1 aliphatic heterocycles. The Morgan fingerprint density at radius 2 is 2.17 bits per heavy atom. The molecule has 112 valence electrons. The van der Waals surface area contributed by atoms with E-state index in [0.29, 0.717) is 11.3 Å². The summed E-state index contributed by atoms with van der Waals surface area (Å²) < 4.78 is 7.34. The van der Waals surface area contributed by atoms with Crippen LogP contribution in [0.4, 0.5) is 0 Å². The normalized spacial score (nSPS) is 12.3. The molecule has 4 rings (SSSR count). The quantitative estimate of drug-likeness (QED) is 0.648. The second kappa shape index (κ2) is 4.96. The molecule has 0 saturated carbocycles. The van der Waals surface area contributed by atoms with E-state index in [-0.39, 0.29) is 5.97 Å². The van der Waals surface area contributed by atoms with Crippen molar-refractivity contribution < 1.29 is 9.53 Å². The van der Waals surface area contributed by atoms with Crippen molar-refractivity contribution >= 4 is 16.9 Å². The number of carbonyl (C=O) groups excluding carboxylic acids is 1. The molecule has 2 aromatic heterocycles. The molecule has 0 saturated heterocycles. The first-order chi connectivity index (χ1) is 11.2. The van der Waals surface area contributed by atoms with E-state index in [2.05, 4.69) is 6.07 Å². The minimum atomic E-state index is -0.377. The predicted octanol–water partition coefficient (Wildman–Crippen LogP) is 3.06. The van der Waals surface area contributed by atoms with Gasteiger partial charge >= 0.3 is 5.97 Å². The average molecular weight is 303 g/mol. The fourth-order valence-electron chi connectivity index (χ4n) is 3.18. The minimum Gasteiger partial charge on any atom is -0.424 e. The zero-order chi connectivity index (χ0) is 16.0. The second-order valence-corrected chi connectivity index (χ2v) is 5.50. The predicted molar refractivity (Wildman–Crippen MR) is 84.9 cm³/mol. The summed E-state index contributed by atoms with van der Waals surface area (Å²) in [5.41, 5.74) is 3.81. The number of rotatable bonds is 1. The fourth-order valence-corrected chi connectivity index (χ4v) is 3.18. The van der Waals surface area contributed by atoms with Crippen molar-refractivity contribution in [2.45, 2.75) is 19.9 Å². The number of pyridine rings is 1. The van der Waals surface area contributed by atoms with Gasteiger partial charge in [0.15, 0.2) is 5.75 Å². The van der Waals surface area contributed by atoms with Crippen LogP contribution in [0.15, 0.2) is 36.5 Å². The lowest BCUT2D eigenvalue weighted by atomic mass is 9.95. The van der Waals surface area contributed by atoms with Gasteiger partial charge in [-0.2, -0.15) is 5.26 Å². The number of para-hydroxylation sites is 1. The van der Waals surface area contributed by atoms with Gasteiger partial charge < -0.3 is 9.30 Å². The molecular formula is C18H13N3O2. The van der Waals surface area contributed by atoms with Gasteiger partial charge in [-0.15, -0.1) is 0 Å². The number of hydrogen-bond donors (Lipinski definition) is 0. The zero-order valence-corrected chi connectivity index (χ0v) is 12.5. The molecular weight excluding hydrogens is 290 g/mol. The Bertz CT molecular complexity index is 995. The van der Waals surface area contributed by atoms with E-state index >= 15 is 0 Å². The molecule has 3 aromatic rings. The topological polar surface area (TPSA) is 67.9 Å². The van der Waals surface area contributed by atoms with Crippen molar-refractivity contribution in [3.05, 3.63) is 47.8 Å². The number of nitrogens with zero attached hydrogens (tertiary/aromatic N) is 3. The molecule has 0 spiro atoms. The van der Waals surface area contributed by atoms with Crippen molar-refractivity contribution in [3.8, 4) is 23.1 Å². The Balaban J connectivity index is 2.07. The molecule has 0 radical (unpaired) electrons. The smallest absolute Gasteiger partial charge is 0.308 e. The third kappa shape index (κ3) is 2.00. The lowest BCUT2D eigenvalue weighted by molar-refractivity contribution is -0.131. The fraction of sp³-hybridized carbons (Fsp3) is 0.167. The number of ether oxygens (including phenoxy) is 1. The van der Waals surface area contributed by atoms with Crippen molar-refractivity contribution in [1.82, 2.24) is 9.55 Å². The van der Waals surface area contributed by atoms with Crippen LogP contribution >= 0.6 is 0 Å². The molecule has 5 nitrogen and oxygen atoms in total. The van der Waals surface area contributed by atoms with E-state index in [1.54, 1.807) is 6.07 Å². The summed E-state index contributed by atoms with van der Waals surface area (Å²) in [6.45, 7) is 2.12. The van der Waals surface area contributed by atoms with Crippen LogP contribution in [0.1, 0.15) is 18.2 Å². The number of carbonyl (C=O) groups is 1. The summed E-state index contributed by atoms with van der Waals surface area (Å²) in [5, 5.41) is 10.5. The monoisotopic (exact) mass is 303 g/mol. The van der Waals surface area contributed by atoms with Crippen LogP contribution in [0.5, 0.6) is 5.75 Å². The molecule has 0 aliphatic carbocycles. The lowest BCUT2D eigenvalue weighted by Crippen LogP contribution is -2.14. The van der Waals surface area contributed by atoms with Gasteiger partial charge in [0, 0.05) is 37.0 Å². The lowest BCUT2D eigenvalue weighted by Gasteiger charge is -2.21. The summed E-state index contributed by atoms with van der Waals surface area (Å²) in [5.74, 6) is 0.102. The molecule has 1 aromatic carbocycles. The molecule has 0 bridgehead atoms. The molecule has 0 atom stereocenters. The molecule has 0 N–H and O–H groups in total. The highest BCUT2D eigenvalue weighted by molar-refractivity contribution is 5.94. The Kier molecular flexibility index (Phi) is 2.91. The Morgan fingerprint density at radius 1 is 1.35 bits per heavy atom. The van der Waals surface area contributed by atoms with Crippen LogP contribution in [0.2, 0.25) is 0 Å². The van der Waals surface area contributed by atoms with Gasteiger partial charge in [0.2, 0.25) is 0 Å². The first-order valence-electron chi connectivity index (χ1n) is 7.38. The number of esters is 1. The van der Waals surface area contributed by atoms with Gasteiger partial charge in [-0.3, -0.25) is 9.78 Å². The number of aryl methyl sites for hydroxylation is 2. The summed E-state index contributed by atoms with van der Waals surface area (Å²) >= 11 is 0. The SMILES string of the molecule is CC(=O)Oc1ccn2c1-c1c(nc3ccccc3c1C#N)CC2. The average Bonchev–Trinajstić information content (AvgIpc) is 2.95. The Hall–Kier alpha value is -3.13. The van der Waals surface area contributed by atoms with Crippen LogP contribution in [0, 0.1) is 11.3 Å². The first kappa shape index (κ1) is 13.5. The second-order valence-electron chi connectivity index (χ2n) is 5.50. The van der Waals surface area contributed by atoms with Gasteiger partial charge in [-0.1, -0.05) is 18.2 Å². The van der Waals surface area contributed by atoms with Crippen LogP contribution < -0.4 is 4.74 Å². The van der Waals surface area contributed by atoms with E-state index < -0.39 is 0 Å². The van der Waals surface area contributed by atoms with Crippen LogP contribution in [0.25, 0.3) is 22.2 Å². The summed E-state index contributed by atoms with van der Waals surface area (Å²) in [4.78, 5) is 16.1. The van der Waals surface area contributed by atoms with Crippen molar-refractivity contribution in [3.63, 3.8) is 0 Å². The number of nitriles is 1. The maximum absolute atomic E-state index is 11.4. The highest BCUT2D eigenvalue weighted by Crippen LogP contribution is 2.40. The molecule has 0 amide bonds.